The van der Waals surface area contributed by atoms with Crippen LogP contribution in [0.15, 0.2) is 48.7 Å². The Kier molecular flexibility index (Phi) is 4.69. The summed E-state index contributed by atoms with van der Waals surface area (Å²) in [6.45, 7) is 6.53. The van der Waals surface area contributed by atoms with Crippen LogP contribution < -0.4 is 5.32 Å². The maximum atomic E-state index is 4.39. The molecule has 0 amide bonds. The molecule has 2 atom stereocenters. The minimum absolute atomic E-state index is 0.252. The molecule has 1 aromatic heterocycles. The average molecular weight is 254 g/mol. The number of aryl methyl sites for hydroxylation is 1. The normalized spacial score (nSPS) is 14.1. The largest absolute Gasteiger partial charge is 0.302 e. The van der Waals surface area contributed by atoms with E-state index in [9.17, 15) is 0 Å². The van der Waals surface area contributed by atoms with E-state index in [1.807, 2.05) is 18.3 Å². The molecule has 19 heavy (non-hydrogen) atoms. The van der Waals surface area contributed by atoms with Crippen molar-refractivity contribution < 1.29 is 0 Å². The van der Waals surface area contributed by atoms with Crippen molar-refractivity contribution in [3.05, 3.63) is 65.5 Å². The number of hydrogen-bond donors (Lipinski definition) is 1. The average Bonchev–Trinajstić information content (AvgIpc) is 2.48. The lowest BCUT2D eigenvalue weighted by molar-refractivity contribution is 0.486. The zero-order valence-electron chi connectivity index (χ0n) is 11.9. The number of hydrogen-bond acceptors (Lipinski definition) is 2. The van der Waals surface area contributed by atoms with Crippen LogP contribution in [0.5, 0.6) is 0 Å². The van der Waals surface area contributed by atoms with Gasteiger partial charge in [0.25, 0.3) is 0 Å². The van der Waals surface area contributed by atoms with Crippen LogP contribution in [-0.4, -0.2) is 4.98 Å². The van der Waals surface area contributed by atoms with Gasteiger partial charge in [-0.2, -0.15) is 0 Å². The van der Waals surface area contributed by atoms with Crippen molar-refractivity contribution in [3.8, 4) is 0 Å². The van der Waals surface area contributed by atoms with Crippen LogP contribution in [0.25, 0.3) is 0 Å². The Balaban J connectivity index is 2.02. The Labute approximate surface area is 115 Å². The maximum Gasteiger partial charge on any atom is 0.0570 e. The van der Waals surface area contributed by atoms with E-state index < -0.39 is 0 Å². The van der Waals surface area contributed by atoms with Crippen LogP contribution in [0.2, 0.25) is 0 Å². The molecule has 2 rings (SSSR count). The molecule has 0 fully saturated rings. The van der Waals surface area contributed by atoms with E-state index in [0.717, 1.165) is 12.1 Å². The molecule has 0 radical (unpaired) electrons. The molecule has 100 valence electrons. The third-order valence-corrected chi connectivity index (χ3v) is 3.52. The monoisotopic (exact) mass is 254 g/mol. The van der Waals surface area contributed by atoms with Gasteiger partial charge in [-0.3, -0.25) is 4.98 Å². The standard InChI is InChI=1S/C17H22N2/c1-4-15-8-10-16(11-9-15)13(2)19-14(3)17-7-5-6-12-18-17/h5-14,19H,4H2,1-3H3/t13?,14-/m0/s1. The van der Waals surface area contributed by atoms with Gasteiger partial charge in [-0.05, 0) is 43.5 Å². The molecule has 0 aliphatic rings. The maximum absolute atomic E-state index is 4.39. The van der Waals surface area contributed by atoms with Crippen molar-refractivity contribution in [3.63, 3.8) is 0 Å². The predicted molar refractivity (Wildman–Crippen MR) is 80.0 cm³/mol. The first kappa shape index (κ1) is 13.8. The molecule has 2 heteroatoms. The van der Waals surface area contributed by atoms with Gasteiger partial charge in [0.05, 0.1) is 5.69 Å². The van der Waals surface area contributed by atoms with Crippen LogP contribution in [0.1, 0.15) is 49.7 Å². The van der Waals surface area contributed by atoms with Gasteiger partial charge in [0.2, 0.25) is 0 Å². The Bertz CT molecular complexity index is 490. The minimum atomic E-state index is 0.252. The molecule has 0 saturated carbocycles. The Morgan fingerprint density at radius 3 is 2.32 bits per heavy atom. The first-order valence-corrected chi connectivity index (χ1v) is 6.96. The summed E-state index contributed by atoms with van der Waals surface area (Å²) in [7, 11) is 0. The fourth-order valence-corrected chi connectivity index (χ4v) is 2.23. The van der Waals surface area contributed by atoms with Gasteiger partial charge in [0.15, 0.2) is 0 Å². The summed E-state index contributed by atoms with van der Waals surface area (Å²) < 4.78 is 0. The Morgan fingerprint density at radius 1 is 1.00 bits per heavy atom. The first-order valence-electron chi connectivity index (χ1n) is 6.96. The lowest BCUT2D eigenvalue weighted by Crippen LogP contribution is -2.23. The highest BCUT2D eigenvalue weighted by molar-refractivity contribution is 5.25. The Hall–Kier alpha value is -1.67. The van der Waals surface area contributed by atoms with Gasteiger partial charge >= 0.3 is 0 Å². The summed E-state index contributed by atoms with van der Waals surface area (Å²) in [5.41, 5.74) is 3.79. The van der Waals surface area contributed by atoms with E-state index in [4.69, 9.17) is 0 Å². The van der Waals surface area contributed by atoms with Crippen molar-refractivity contribution in [2.75, 3.05) is 0 Å². The zero-order chi connectivity index (χ0) is 13.7. The molecular formula is C17H22N2. The number of nitrogens with zero attached hydrogens (tertiary/aromatic N) is 1. The lowest BCUT2D eigenvalue weighted by atomic mass is 10.0. The summed E-state index contributed by atoms with van der Waals surface area (Å²) in [5.74, 6) is 0. The molecular weight excluding hydrogens is 232 g/mol. The van der Waals surface area contributed by atoms with Crippen molar-refractivity contribution in [2.45, 2.75) is 39.3 Å². The highest BCUT2D eigenvalue weighted by Crippen LogP contribution is 2.18. The fraction of sp³-hybridized carbons (Fsp3) is 0.353. The van der Waals surface area contributed by atoms with Crippen molar-refractivity contribution in [1.29, 1.82) is 0 Å². The van der Waals surface area contributed by atoms with Crippen LogP contribution in [0, 0.1) is 0 Å². The van der Waals surface area contributed by atoms with Gasteiger partial charge < -0.3 is 5.32 Å². The van der Waals surface area contributed by atoms with E-state index in [1.54, 1.807) is 0 Å². The second-order valence-corrected chi connectivity index (χ2v) is 4.96. The van der Waals surface area contributed by atoms with Crippen molar-refractivity contribution >= 4 is 0 Å². The highest BCUT2D eigenvalue weighted by Gasteiger charge is 2.11. The number of pyridine rings is 1. The molecule has 0 aliphatic carbocycles. The number of benzene rings is 1. The second kappa shape index (κ2) is 6.48. The Morgan fingerprint density at radius 2 is 1.74 bits per heavy atom. The molecule has 0 aliphatic heterocycles. The zero-order valence-corrected chi connectivity index (χ0v) is 11.9. The van der Waals surface area contributed by atoms with Crippen LogP contribution in [0.4, 0.5) is 0 Å². The lowest BCUT2D eigenvalue weighted by Gasteiger charge is -2.20. The summed E-state index contributed by atoms with van der Waals surface area (Å²) in [6.07, 6.45) is 2.93. The molecule has 1 heterocycles. The fourth-order valence-electron chi connectivity index (χ4n) is 2.23. The summed E-state index contributed by atoms with van der Waals surface area (Å²) in [5, 5.41) is 3.59. The van der Waals surface area contributed by atoms with E-state index in [1.165, 1.54) is 11.1 Å². The van der Waals surface area contributed by atoms with Gasteiger partial charge in [-0.25, -0.2) is 0 Å². The SMILES string of the molecule is CCc1ccc(C(C)N[C@@H](C)c2ccccn2)cc1. The van der Waals surface area contributed by atoms with Crippen LogP contribution in [-0.2, 0) is 6.42 Å². The highest BCUT2D eigenvalue weighted by atomic mass is 15.0. The smallest absolute Gasteiger partial charge is 0.0570 e. The topological polar surface area (TPSA) is 24.9 Å². The molecule has 0 saturated heterocycles. The van der Waals surface area contributed by atoms with Gasteiger partial charge in [0.1, 0.15) is 0 Å². The van der Waals surface area contributed by atoms with Crippen molar-refractivity contribution in [1.82, 2.24) is 10.3 Å². The number of nitrogens with one attached hydrogen (secondary N) is 1. The molecule has 1 aromatic carbocycles. The van der Waals surface area contributed by atoms with Crippen LogP contribution in [0.3, 0.4) is 0 Å². The minimum Gasteiger partial charge on any atom is -0.302 e. The number of rotatable bonds is 5. The van der Waals surface area contributed by atoms with E-state index >= 15 is 0 Å². The van der Waals surface area contributed by atoms with Gasteiger partial charge in [-0.1, -0.05) is 37.3 Å². The van der Waals surface area contributed by atoms with Crippen LogP contribution >= 0.6 is 0 Å². The first-order chi connectivity index (χ1) is 9.20. The summed E-state index contributed by atoms with van der Waals surface area (Å²) >= 11 is 0. The van der Waals surface area contributed by atoms with E-state index in [-0.39, 0.29) is 6.04 Å². The number of aromatic nitrogens is 1. The predicted octanol–water partition coefficient (Wildman–Crippen LogP) is 4.06. The molecule has 2 nitrogen and oxygen atoms in total. The van der Waals surface area contributed by atoms with Crippen molar-refractivity contribution in [2.24, 2.45) is 0 Å². The summed E-state index contributed by atoms with van der Waals surface area (Å²) in [4.78, 5) is 4.39. The van der Waals surface area contributed by atoms with E-state index in [2.05, 4.69) is 61.4 Å². The third kappa shape index (κ3) is 3.65. The molecule has 0 bridgehead atoms. The second-order valence-electron chi connectivity index (χ2n) is 4.96. The molecule has 1 N–H and O–H groups in total. The van der Waals surface area contributed by atoms with E-state index in [0.29, 0.717) is 6.04 Å². The van der Waals surface area contributed by atoms with Gasteiger partial charge in [0, 0.05) is 18.3 Å². The third-order valence-electron chi connectivity index (χ3n) is 3.52. The molecule has 0 spiro atoms. The summed E-state index contributed by atoms with van der Waals surface area (Å²) in [6, 6.07) is 15.4. The van der Waals surface area contributed by atoms with Gasteiger partial charge in [-0.15, -0.1) is 0 Å². The molecule has 2 aromatic rings. The quantitative estimate of drug-likeness (QED) is 0.870. The molecule has 1 unspecified atom stereocenters.